The molecule has 0 fully saturated rings. The highest BCUT2D eigenvalue weighted by Crippen LogP contribution is 2.12. The van der Waals surface area contributed by atoms with Crippen LogP contribution in [0.2, 0.25) is 0 Å². The average Bonchev–Trinajstić information content (AvgIpc) is 2.22. The summed E-state index contributed by atoms with van der Waals surface area (Å²) in [5.41, 5.74) is 0. The molecular weight excluding hydrogens is 210 g/mol. The van der Waals surface area contributed by atoms with E-state index in [1.807, 2.05) is 0 Å². The molecule has 94 valence electrons. The molecule has 2 N–H and O–H groups in total. The first-order chi connectivity index (χ1) is 7.51. The van der Waals surface area contributed by atoms with Crippen LogP contribution < -0.4 is 0 Å². The van der Waals surface area contributed by atoms with Crippen molar-refractivity contribution < 1.29 is 19.8 Å². The molecule has 0 aromatic carbocycles. The lowest BCUT2D eigenvalue weighted by Crippen LogP contribution is -2.25. The van der Waals surface area contributed by atoms with E-state index in [1.54, 1.807) is 0 Å². The SMILES string of the molecule is CCN(CC)CCCC(CC(=O)O)C(=O)O. The highest BCUT2D eigenvalue weighted by Gasteiger charge is 2.20. The van der Waals surface area contributed by atoms with Crippen molar-refractivity contribution in [3.8, 4) is 0 Å². The molecule has 0 saturated carbocycles. The second-order valence-corrected chi connectivity index (χ2v) is 3.80. The molecule has 5 nitrogen and oxygen atoms in total. The summed E-state index contributed by atoms with van der Waals surface area (Å²) < 4.78 is 0. The van der Waals surface area contributed by atoms with E-state index in [1.165, 1.54) is 0 Å². The van der Waals surface area contributed by atoms with Gasteiger partial charge in [0.1, 0.15) is 0 Å². The molecule has 0 aromatic rings. The molecule has 0 aliphatic heterocycles. The number of hydrogen-bond donors (Lipinski definition) is 2. The Bertz CT molecular complexity index is 226. The topological polar surface area (TPSA) is 77.8 Å². The lowest BCUT2D eigenvalue weighted by atomic mass is 9.99. The zero-order chi connectivity index (χ0) is 12.6. The minimum absolute atomic E-state index is 0.284. The number of aliphatic carboxylic acids is 2. The van der Waals surface area contributed by atoms with Gasteiger partial charge in [0.05, 0.1) is 12.3 Å². The van der Waals surface area contributed by atoms with Crippen molar-refractivity contribution in [2.75, 3.05) is 19.6 Å². The Morgan fingerprint density at radius 1 is 1.19 bits per heavy atom. The minimum Gasteiger partial charge on any atom is -0.481 e. The van der Waals surface area contributed by atoms with Gasteiger partial charge in [-0.3, -0.25) is 9.59 Å². The Hall–Kier alpha value is -1.10. The molecule has 0 heterocycles. The molecule has 1 unspecified atom stereocenters. The Balaban J connectivity index is 3.93. The maximum atomic E-state index is 10.8. The molecule has 0 aromatic heterocycles. The normalized spacial score (nSPS) is 12.7. The predicted octanol–water partition coefficient (Wildman–Crippen LogP) is 1.28. The lowest BCUT2D eigenvalue weighted by Gasteiger charge is -2.18. The molecule has 0 saturated heterocycles. The zero-order valence-electron chi connectivity index (χ0n) is 9.98. The molecule has 5 heteroatoms. The van der Waals surface area contributed by atoms with Crippen LogP contribution in [0.3, 0.4) is 0 Å². The van der Waals surface area contributed by atoms with Crippen LogP contribution in [-0.2, 0) is 9.59 Å². The summed E-state index contributed by atoms with van der Waals surface area (Å²) in [5.74, 6) is -2.81. The van der Waals surface area contributed by atoms with Crippen LogP contribution in [0.4, 0.5) is 0 Å². The van der Waals surface area contributed by atoms with Gasteiger partial charge < -0.3 is 15.1 Å². The summed E-state index contributed by atoms with van der Waals surface area (Å²) in [4.78, 5) is 23.4. The van der Waals surface area contributed by atoms with E-state index >= 15 is 0 Å². The first kappa shape index (κ1) is 14.9. The van der Waals surface area contributed by atoms with Gasteiger partial charge >= 0.3 is 11.9 Å². The molecule has 0 radical (unpaired) electrons. The predicted molar refractivity (Wildman–Crippen MR) is 60.4 cm³/mol. The molecule has 0 aliphatic carbocycles. The summed E-state index contributed by atoms with van der Waals surface area (Å²) in [6.07, 6.45) is 0.873. The lowest BCUT2D eigenvalue weighted by molar-refractivity contribution is -0.148. The summed E-state index contributed by atoms with van der Waals surface area (Å²) in [5, 5.41) is 17.4. The second kappa shape index (κ2) is 8.10. The van der Waals surface area contributed by atoms with Gasteiger partial charge in [0.15, 0.2) is 0 Å². The second-order valence-electron chi connectivity index (χ2n) is 3.80. The molecule has 16 heavy (non-hydrogen) atoms. The summed E-state index contributed by atoms with van der Waals surface area (Å²) in [6.45, 7) is 6.81. The average molecular weight is 231 g/mol. The van der Waals surface area contributed by atoms with E-state index in [4.69, 9.17) is 10.2 Å². The number of hydrogen-bond acceptors (Lipinski definition) is 3. The third-order valence-electron chi connectivity index (χ3n) is 2.69. The van der Waals surface area contributed by atoms with Crippen LogP contribution in [0.5, 0.6) is 0 Å². The van der Waals surface area contributed by atoms with Crippen molar-refractivity contribution >= 4 is 11.9 Å². The fourth-order valence-electron chi connectivity index (χ4n) is 1.62. The first-order valence-electron chi connectivity index (χ1n) is 5.68. The largest absolute Gasteiger partial charge is 0.481 e. The first-order valence-corrected chi connectivity index (χ1v) is 5.68. The van der Waals surface area contributed by atoms with Crippen molar-refractivity contribution in [2.45, 2.75) is 33.1 Å². The maximum Gasteiger partial charge on any atom is 0.307 e. The number of nitrogens with zero attached hydrogens (tertiary/aromatic N) is 1. The van der Waals surface area contributed by atoms with Crippen LogP contribution in [0.15, 0.2) is 0 Å². The maximum absolute atomic E-state index is 10.8. The van der Waals surface area contributed by atoms with E-state index in [0.29, 0.717) is 6.42 Å². The molecule has 1 atom stereocenters. The van der Waals surface area contributed by atoms with Gasteiger partial charge in [-0.05, 0) is 32.5 Å². The van der Waals surface area contributed by atoms with Crippen LogP contribution in [-0.4, -0.2) is 46.7 Å². The van der Waals surface area contributed by atoms with Crippen molar-refractivity contribution in [1.29, 1.82) is 0 Å². The fraction of sp³-hybridized carbons (Fsp3) is 0.818. The van der Waals surface area contributed by atoms with Gasteiger partial charge in [-0.1, -0.05) is 13.8 Å². The number of carboxylic acid groups (broad SMARTS) is 2. The molecule has 0 aliphatic rings. The van der Waals surface area contributed by atoms with E-state index in [2.05, 4.69) is 18.7 Å². The third-order valence-corrected chi connectivity index (χ3v) is 2.69. The van der Waals surface area contributed by atoms with E-state index < -0.39 is 17.9 Å². The molecule has 0 rings (SSSR count). The summed E-state index contributed by atoms with van der Waals surface area (Å²) in [6, 6.07) is 0. The number of carbonyl (C=O) groups is 2. The van der Waals surface area contributed by atoms with E-state index in [9.17, 15) is 9.59 Å². The fourth-order valence-corrected chi connectivity index (χ4v) is 1.62. The highest BCUT2D eigenvalue weighted by atomic mass is 16.4. The quantitative estimate of drug-likeness (QED) is 0.625. The summed E-state index contributed by atoms with van der Waals surface area (Å²) in [7, 11) is 0. The van der Waals surface area contributed by atoms with Gasteiger partial charge in [0, 0.05) is 0 Å². The van der Waals surface area contributed by atoms with Crippen LogP contribution in [0.1, 0.15) is 33.1 Å². The van der Waals surface area contributed by atoms with Crippen LogP contribution >= 0.6 is 0 Å². The highest BCUT2D eigenvalue weighted by molar-refractivity contribution is 5.77. The minimum atomic E-state index is -1.05. The van der Waals surface area contributed by atoms with Crippen molar-refractivity contribution in [3.63, 3.8) is 0 Å². The van der Waals surface area contributed by atoms with E-state index in [-0.39, 0.29) is 6.42 Å². The molecule has 0 amide bonds. The van der Waals surface area contributed by atoms with Crippen LogP contribution in [0, 0.1) is 5.92 Å². The van der Waals surface area contributed by atoms with Gasteiger partial charge in [0.2, 0.25) is 0 Å². The third kappa shape index (κ3) is 6.40. The zero-order valence-corrected chi connectivity index (χ0v) is 9.98. The standard InChI is InChI=1S/C11H21NO4/c1-3-12(4-2)7-5-6-9(11(15)16)8-10(13)14/h9H,3-8H2,1-2H3,(H,13,14)(H,15,16). The van der Waals surface area contributed by atoms with Crippen molar-refractivity contribution in [3.05, 3.63) is 0 Å². The van der Waals surface area contributed by atoms with Crippen molar-refractivity contribution in [2.24, 2.45) is 5.92 Å². The Kier molecular flexibility index (Phi) is 7.54. The smallest absolute Gasteiger partial charge is 0.307 e. The van der Waals surface area contributed by atoms with Gasteiger partial charge in [-0.2, -0.15) is 0 Å². The Morgan fingerprint density at radius 3 is 2.12 bits per heavy atom. The van der Waals surface area contributed by atoms with E-state index in [0.717, 1.165) is 26.1 Å². The molecular formula is C11H21NO4. The Labute approximate surface area is 96.1 Å². The molecule has 0 spiro atoms. The number of carboxylic acids is 2. The molecule has 0 bridgehead atoms. The van der Waals surface area contributed by atoms with Gasteiger partial charge in [-0.25, -0.2) is 0 Å². The monoisotopic (exact) mass is 231 g/mol. The summed E-state index contributed by atoms with van der Waals surface area (Å²) >= 11 is 0. The Morgan fingerprint density at radius 2 is 1.75 bits per heavy atom. The number of rotatable bonds is 9. The van der Waals surface area contributed by atoms with Crippen molar-refractivity contribution in [1.82, 2.24) is 4.90 Å². The van der Waals surface area contributed by atoms with Gasteiger partial charge in [-0.15, -0.1) is 0 Å². The van der Waals surface area contributed by atoms with Gasteiger partial charge in [0.25, 0.3) is 0 Å². The van der Waals surface area contributed by atoms with Crippen LogP contribution in [0.25, 0.3) is 0 Å².